The Morgan fingerprint density at radius 1 is 1.28 bits per heavy atom. The van der Waals surface area contributed by atoms with Crippen LogP contribution in [-0.2, 0) is 0 Å². The first-order valence-corrected chi connectivity index (χ1v) is 10.1. The minimum absolute atomic E-state index is 0.0702. The Labute approximate surface area is 169 Å². The molecule has 1 aromatic carbocycles. The quantitative estimate of drug-likeness (QED) is 0.605. The molecule has 0 amide bonds. The van der Waals surface area contributed by atoms with Crippen molar-refractivity contribution in [1.82, 2.24) is 20.9 Å². The fraction of sp³-hybridized carbons (Fsp3) is 0.600. The SMILES string of the molecule is CNC1NC(Nc2cc3c(c(C4=CCN(C)CCC4)c2F)OCO3)NC(C)C1F. The monoisotopic (exact) mass is 409 g/mol. The van der Waals surface area contributed by atoms with E-state index < -0.39 is 24.7 Å². The summed E-state index contributed by atoms with van der Waals surface area (Å²) in [5, 5.41) is 12.2. The number of halogens is 2. The van der Waals surface area contributed by atoms with Crippen LogP contribution in [0.1, 0.15) is 25.3 Å². The molecule has 1 saturated heterocycles. The van der Waals surface area contributed by atoms with Crippen molar-refractivity contribution >= 4 is 11.3 Å². The number of hydrogen-bond acceptors (Lipinski definition) is 7. The van der Waals surface area contributed by atoms with Crippen molar-refractivity contribution in [3.8, 4) is 11.5 Å². The van der Waals surface area contributed by atoms with E-state index in [0.717, 1.165) is 31.5 Å². The summed E-state index contributed by atoms with van der Waals surface area (Å²) in [5.74, 6) is 0.586. The lowest BCUT2D eigenvalue weighted by molar-refractivity contribution is 0.116. The zero-order valence-electron chi connectivity index (χ0n) is 17.0. The maximum atomic E-state index is 15.7. The smallest absolute Gasteiger partial charge is 0.231 e. The molecule has 7 nitrogen and oxygen atoms in total. The molecule has 3 aliphatic heterocycles. The Bertz CT molecular complexity index is 791. The summed E-state index contributed by atoms with van der Waals surface area (Å²) in [5.41, 5.74) is 1.66. The Balaban J connectivity index is 1.65. The van der Waals surface area contributed by atoms with E-state index in [1.54, 1.807) is 20.0 Å². The normalized spacial score (nSPS) is 30.0. The van der Waals surface area contributed by atoms with Gasteiger partial charge in [0.05, 0.1) is 17.4 Å². The summed E-state index contributed by atoms with van der Waals surface area (Å²) >= 11 is 0. The van der Waals surface area contributed by atoms with Crippen LogP contribution in [0.4, 0.5) is 14.5 Å². The number of rotatable bonds is 4. The van der Waals surface area contributed by atoms with Crippen LogP contribution < -0.4 is 30.7 Å². The highest BCUT2D eigenvalue weighted by Crippen LogP contribution is 2.45. The van der Waals surface area contributed by atoms with Crippen molar-refractivity contribution < 1.29 is 18.3 Å². The van der Waals surface area contributed by atoms with E-state index in [9.17, 15) is 4.39 Å². The maximum absolute atomic E-state index is 15.7. The first-order valence-electron chi connectivity index (χ1n) is 10.1. The Kier molecular flexibility index (Phi) is 5.91. The molecular weight excluding hydrogens is 380 g/mol. The average molecular weight is 409 g/mol. The molecule has 4 atom stereocenters. The second-order valence-electron chi connectivity index (χ2n) is 7.85. The first kappa shape index (κ1) is 20.3. The second-order valence-corrected chi connectivity index (χ2v) is 7.85. The highest BCUT2D eigenvalue weighted by atomic mass is 19.1. The molecule has 1 fully saturated rings. The summed E-state index contributed by atoms with van der Waals surface area (Å²) in [4.78, 5) is 2.20. The van der Waals surface area contributed by atoms with Crippen LogP contribution in [0, 0.1) is 5.82 Å². The second kappa shape index (κ2) is 8.43. The van der Waals surface area contributed by atoms with Crippen LogP contribution in [0.15, 0.2) is 12.1 Å². The minimum atomic E-state index is -1.11. The Morgan fingerprint density at radius 3 is 2.90 bits per heavy atom. The van der Waals surface area contributed by atoms with Crippen molar-refractivity contribution in [2.45, 2.75) is 44.4 Å². The number of ether oxygens (including phenoxy) is 2. The highest BCUT2D eigenvalue weighted by Gasteiger charge is 2.35. The predicted molar refractivity (Wildman–Crippen MR) is 108 cm³/mol. The Morgan fingerprint density at radius 2 is 2.10 bits per heavy atom. The molecule has 4 unspecified atom stereocenters. The summed E-state index contributed by atoms with van der Waals surface area (Å²) in [6.07, 6.45) is 1.61. The Hall–Kier alpha value is -1.94. The topological polar surface area (TPSA) is 69.8 Å². The molecule has 4 N–H and O–H groups in total. The van der Waals surface area contributed by atoms with Gasteiger partial charge in [0.2, 0.25) is 6.79 Å². The number of hydrogen-bond donors (Lipinski definition) is 4. The van der Waals surface area contributed by atoms with Gasteiger partial charge >= 0.3 is 0 Å². The first-order chi connectivity index (χ1) is 14.0. The van der Waals surface area contributed by atoms with Crippen molar-refractivity contribution in [3.05, 3.63) is 23.5 Å². The van der Waals surface area contributed by atoms with Gasteiger partial charge in [-0.15, -0.1) is 0 Å². The average Bonchev–Trinajstić information content (AvgIpc) is 3.05. The lowest BCUT2D eigenvalue weighted by atomic mass is 9.98. The van der Waals surface area contributed by atoms with Gasteiger partial charge in [0.25, 0.3) is 0 Å². The van der Waals surface area contributed by atoms with Crippen molar-refractivity contribution in [1.29, 1.82) is 0 Å². The van der Waals surface area contributed by atoms with E-state index in [0.29, 0.717) is 17.1 Å². The highest BCUT2D eigenvalue weighted by molar-refractivity contribution is 5.78. The third-order valence-corrected chi connectivity index (χ3v) is 5.74. The molecule has 3 aliphatic rings. The largest absolute Gasteiger partial charge is 0.453 e. The molecule has 0 saturated carbocycles. The van der Waals surface area contributed by atoms with Gasteiger partial charge in [-0.05, 0) is 46.0 Å². The van der Waals surface area contributed by atoms with Gasteiger partial charge in [-0.1, -0.05) is 6.08 Å². The number of fused-ring (bicyclic) bond motifs is 1. The lowest BCUT2D eigenvalue weighted by Gasteiger charge is -2.39. The van der Waals surface area contributed by atoms with E-state index in [-0.39, 0.29) is 18.3 Å². The van der Waals surface area contributed by atoms with Crippen LogP contribution >= 0.6 is 0 Å². The molecule has 4 rings (SSSR count). The van der Waals surface area contributed by atoms with Gasteiger partial charge in [-0.25, -0.2) is 8.78 Å². The molecule has 0 spiro atoms. The van der Waals surface area contributed by atoms with E-state index in [2.05, 4.69) is 39.3 Å². The molecule has 0 aromatic heterocycles. The number of anilines is 1. The molecule has 9 heteroatoms. The molecule has 1 aromatic rings. The summed E-state index contributed by atoms with van der Waals surface area (Å²) in [7, 11) is 3.74. The van der Waals surface area contributed by atoms with Gasteiger partial charge in [0, 0.05) is 18.7 Å². The third-order valence-electron chi connectivity index (χ3n) is 5.74. The number of likely N-dealkylation sites (N-methyl/N-ethyl adjacent to an activating group) is 1. The number of nitrogens with zero attached hydrogens (tertiary/aromatic N) is 1. The lowest BCUT2D eigenvalue weighted by Crippen LogP contribution is -2.69. The maximum Gasteiger partial charge on any atom is 0.231 e. The number of allylic oxidation sites excluding steroid dienone is 1. The van der Waals surface area contributed by atoms with E-state index in [4.69, 9.17) is 9.47 Å². The van der Waals surface area contributed by atoms with Gasteiger partial charge in [0.15, 0.2) is 17.3 Å². The summed E-state index contributed by atoms with van der Waals surface area (Å²) in [6, 6.07) is 1.21. The van der Waals surface area contributed by atoms with Crippen molar-refractivity contribution in [2.75, 3.05) is 39.3 Å². The molecule has 160 valence electrons. The predicted octanol–water partition coefficient (Wildman–Crippen LogP) is 1.82. The van der Waals surface area contributed by atoms with Crippen LogP contribution in [-0.4, -0.2) is 63.5 Å². The van der Waals surface area contributed by atoms with Crippen LogP contribution in [0.2, 0.25) is 0 Å². The van der Waals surface area contributed by atoms with Gasteiger partial charge in [0.1, 0.15) is 12.5 Å². The minimum Gasteiger partial charge on any atom is -0.453 e. The van der Waals surface area contributed by atoms with Crippen molar-refractivity contribution in [2.24, 2.45) is 0 Å². The molecule has 0 bridgehead atoms. The number of benzene rings is 1. The van der Waals surface area contributed by atoms with Gasteiger partial charge < -0.3 is 25.0 Å². The van der Waals surface area contributed by atoms with Crippen molar-refractivity contribution in [3.63, 3.8) is 0 Å². The van der Waals surface area contributed by atoms with Gasteiger partial charge in [-0.3, -0.25) is 10.6 Å². The van der Waals surface area contributed by atoms with Gasteiger partial charge in [-0.2, -0.15) is 0 Å². The summed E-state index contributed by atoms with van der Waals surface area (Å²) in [6.45, 7) is 3.55. The molecule has 0 radical (unpaired) electrons. The zero-order valence-corrected chi connectivity index (χ0v) is 17.0. The molecule has 29 heavy (non-hydrogen) atoms. The molecule has 3 heterocycles. The van der Waals surface area contributed by atoms with Crippen LogP contribution in [0.25, 0.3) is 5.57 Å². The third kappa shape index (κ3) is 4.05. The number of nitrogens with one attached hydrogen (secondary N) is 4. The van der Waals surface area contributed by atoms with E-state index >= 15 is 4.39 Å². The standard InChI is InChI=1S/C20H29F2N5O2/c1-11-16(21)19(23-2)26-20(24-11)25-13-9-14-18(29-10-28-14)15(17(13)22)12-5-4-7-27(3)8-6-12/h6,9,11,16,19-20,23-26H,4-5,7-8,10H2,1-3H3. The van der Waals surface area contributed by atoms with Crippen LogP contribution in [0.3, 0.4) is 0 Å². The van der Waals surface area contributed by atoms with E-state index in [1.807, 2.05) is 0 Å². The zero-order chi connectivity index (χ0) is 20.5. The van der Waals surface area contributed by atoms with Crippen LogP contribution in [0.5, 0.6) is 11.5 Å². The molecular formula is C20H29F2N5O2. The fourth-order valence-electron chi connectivity index (χ4n) is 4.08. The summed E-state index contributed by atoms with van der Waals surface area (Å²) < 4.78 is 41.1. The van der Waals surface area contributed by atoms with E-state index in [1.165, 1.54) is 0 Å². The molecule has 0 aliphatic carbocycles. The fourth-order valence-corrected chi connectivity index (χ4v) is 4.08. The number of alkyl halides is 1.